The van der Waals surface area contributed by atoms with Gasteiger partial charge >= 0.3 is 5.91 Å². The van der Waals surface area contributed by atoms with Gasteiger partial charge < -0.3 is 14.6 Å². The molecule has 2 heterocycles. The highest BCUT2D eigenvalue weighted by atomic mass is 32.1. The normalized spacial score (nSPS) is 16.9. The molecule has 1 aliphatic heterocycles. The highest BCUT2D eigenvalue weighted by Gasteiger charge is 2.46. The topological polar surface area (TPSA) is 91.8 Å². The van der Waals surface area contributed by atoms with Gasteiger partial charge in [0.25, 0.3) is 0 Å². The molecule has 0 aliphatic carbocycles. The highest BCUT2D eigenvalue weighted by Crippen LogP contribution is 2.44. The average Bonchev–Trinajstić information content (AvgIpc) is 3.46. The fourth-order valence-corrected chi connectivity index (χ4v) is 5.51. The molecular weight excluding hydrogens is 488 g/mol. The molecule has 0 saturated carbocycles. The second kappa shape index (κ2) is 10.1. The molecule has 1 unspecified atom stereocenters. The summed E-state index contributed by atoms with van der Waals surface area (Å²) in [6.45, 7) is 4.43. The molecule has 0 N–H and O–H groups in total. The van der Waals surface area contributed by atoms with Gasteiger partial charge in [0.2, 0.25) is 5.78 Å². The Morgan fingerprint density at radius 2 is 1.81 bits per heavy atom. The van der Waals surface area contributed by atoms with Crippen molar-refractivity contribution in [3.63, 3.8) is 0 Å². The van der Waals surface area contributed by atoms with Gasteiger partial charge in [0.05, 0.1) is 30.0 Å². The van der Waals surface area contributed by atoms with Crippen LogP contribution in [0.25, 0.3) is 16.0 Å². The standard InChI is InChI=1S/C29H26N2O5S/c1-4-17-9-14-22-23(15-17)37-29(30-22)31-25(19-7-6-8-21(16-19)35-3)24(27(33)28(31)34)26(32)18-10-12-20(13-11-18)36-5-2/h6-16,25,32H,4-5H2,1-3H3/p-1. The molecule has 1 amide bonds. The fraction of sp³-hybridized carbons (Fsp3) is 0.207. The van der Waals surface area contributed by atoms with Crippen molar-refractivity contribution >= 4 is 44.1 Å². The van der Waals surface area contributed by atoms with Crippen molar-refractivity contribution < 1.29 is 24.2 Å². The Labute approximate surface area is 218 Å². The number of nitrogens with zero attached hydrogens (tertiary/aromatic N) is 2. The van der Waals surface area contributed by atoms with Crippen LogP contribution in [0, 0.1) is 0 Å². The van der Waals surface area contributed by atoms with Crippen LogP contribution in [-0.2, 0) is 16.0 Å². The number of carbonyl (C=O) groups excluding carboxylic acids is 2. The lowest BCUT2D eigenvalue weighted by Crippen LogP contribution is -2.29. The molecule has 4 aromatic rings. The van der Waals surface area contributed by atoms with Crippen molar-refractivity contribution in [3.8, 4) is 11.5 Å². The van der Waals surface area contributed by atoms with E-state index < -0.39 is 23.5 Å². The summed E-state index contributed by atoms with van der Waals surface area (Å²) in [5, 5.41) is 14.1. The minimum atomic E-state index is -0.944. The minimum absolute atomic E-state index is 0.115. The van der Waals surface area contributed by atoms with Crippen molar-refractivity contribution in [2.24, 2.45) is 0 Å². The summed E-state index contributed by atoms with van der Waals surface area (Å²) in [4.78, 5) is 32.9. The van der Waals surface area contributed by atoms with Crippen molar-refractivity contribution in [1.29, 1.82) is 0 Å². The molecule has 8 heteroatoms. The number of carbonyl (C=O) groups is 2. The molecule has 0 radical (unpaired) electrons. The summed E-state index contributed by atoms with van der Waals surface area (Å²) in [7, 11) is 1.54. The number of hydrogen-bond acceptors (Lipinski definition) is 7. The number of amides is 1. The van der Waals surface area contributed by atoms with Crippen molar-refractivity contribution in [1.82, 2.24) is 4.98 Å². The highest BCUT2D eigenvalue weighted by molar-refractivity contribution is 7.22. The number of Topliss-reactive ketones (excluding diaryl/α,β-unsaturated/α-hetero) is 1. The summed E-state index contributed by atoms with van der Waals surface area (Å²) in [6.07, 6.45) is 0.866. The number of fused-ring (bicyclic) bond motifs is 1. The van der Waals surface area contributed by atoms with Gasteiger partial charge in [-0.05, 0) is 66.4 Å². The van der Waals surface area contributed by atoms with Gasteiger partial charge in [-0.1, -0.05) is 54.4 Å². The van der Waals surface area contributed by atoms with E-state index in [1.54, 1.807) is 48.5 Å². The molecule has 0 spiro atoms. The van der Waals surface area contributed by atoms with E-state index in [-0.39, 0.29) is 5.57 Å². The molecule has 188 valence electrons. The number of anilines is 1. The monoisotopic (exact) mass is 513 g/mol. The first-order chi connectivity index (χ1) is 17.9. The zero-order valence-corrected chi connectivity index (χ0v) is 21.5. The van der Waals surface area contributed by atoms with Crippen LogP contribution in [0.4, 0.5) is 5.13 Å². The lowest BCUT2D eigenvalue weighted by molar-refractivity contribution is -0.245. The Balaban J connectivity index is 1.68. The summed E-state index contributed by atoms with van der Waals surface area (Å²) < 4.78 is 11.8. The predicted octanol–water partition coefficient (Wildman–Crippen LogP) is 4.69. The Kier molecular flexibility index (Phi) is 6.67. The van der Waals surface area contributed by atoms with E-state index in [2.05, 4.69) is 11.9 Å². The number of benzene rings is 3. The second-order valence-electron chi connectivity index (χ2n) is 8.54. The maximum Gasteiger partial charge on any atom is 0.301 e. The van der Waals surface area contributed by atoms with Crippen LogP contribution in [0.5, 0.6) is 11.5 Å². The van der Waals surface area contributed by atoms with E-state index in [1.807, 2.05) is 25.1 Å². The van der Waals surface area contributed by atoms with Gasteiger partial charge in [-0.3, -0.25) is 14.5 Å². The van der Waals surface area contributed by atoms with Crippen LogP contribution < -0.4 is 19.5 Å². The van der Waals surface area contributed by atoms with Crippen LogP contribution in [0.1, 0.15) is 36.6 Å². The Morgan fingerprint density at radius 1 is 1.03 bits per heavy atom. The van der Waals surface area contributed by atoms with E-state index in [0.717, 1.165) is 22.2 Å². The number of methoxy groups -OCH3 is 1. The van der Waals surface area contributed by atoms with Crippen molar-refractivity contribution in [2.45, 2.75) is 26.3 Å². The number of ether oxygens (including phenoxy) is 2. The second-order valence-corrected chi connectivity index (χ2v) is 9.54. The molecule has 1 aliphatic rings. The third-order valence-electron chi connectivity index (χ3n) is 6.33. The summed E-state index contributed by atoms with van der Waals surface area (Å²) in [5.74, 6) is -0.957. The fourth-order valence-electron chi connectivity index (χ4n) is 4.45. The quantitative estimate of drug-likeness (QED) is 0.202. The molecule has 1 fully saturated rings. The van der Waals surface area contributed by atoms with E-state index in [4.69, 9.17) is 9.47 Å². The lowest BCUT2D eigenvalue weighted by atomic mass is 9.95. The van der Waals surface area contributed by atoms with E-state index in [9.17, 15) is 14.7 Å². The van der Waals surface area contributed by atoms with Gasteiger partial charge in [-0.2, -0.15) is 0 Å². The Hall–Kier alpha value is -4.17. The molecule has 5 rings (SSSR count). The summed E-state index contributed by atoms with van der Waals surface area (Å²) >= 11 is 1.32. The minimum Gasteiger partial charge on any atom is -0.872 e. The zero-order chi connectivity index (χ0) is 26.1. The maximum absolute atomic E-state index is 13.7. The molecule has 3 aromatic carbocycles. The summed E-state index contributed by atoms with van der Waals surface area (Å²) in [6, 6.07) is 18.6. The maximum atomic E-state index is 13.7. The first-order valence-corrected chi connectivity index (χ1v) is 12.8. The number of rotatable bonds is 7. The van der Waals surface area contributed by atoms with Crippen molar-refractivity contribution in [2.75, 3.05) is 18.6 Å². The molecule has 37 heavy (non-hydrogen) atoms. The number of aryl methyl sites for hydroxylation is 1. The molecule has 1 aromatic heterocycles. The molecule has 1 saturated heterocycles. The SMILES string of the molecule is CCOc1ccc(C([O-])=C2C(=O)C(=O)N(c3nc4ccc(CC)cc4s3)C2c2cccc(OC)c2)cc1. The van der Waals surface area contributed by atoms with E-state index in [1.165, 1.54) is 23.3 Å². The van der Waals surface area contributed by atoms with Crippen molar-refractivity contribution in [3.05, 3.63) is 89.0 Å². The van der Waals surface area contributed by atoms with Crippen LogP contribution in [0.2, 0.25) is 0 Å². The first kappa shape index (κ1) is 24.5. The number of ketones is 1. The Bertz CT molecular complexity index is 1520. The van der Waals surface area contributed by atoms with Crippen LogP contribution in [0.15, 0.2) is 72.3 Å². The average molecular weight is 514 g/mol. The zero-order valence-electron chi connectivity index (χ0n) is 20.7. The van der Waals surface area contributed by atoms with Crippen LogP contribution >= 0.6 is 11.3 Å². The molecule has 7 nitrogen and oxygen atoms in total. The van der Waals surface area contributed by atoms with Gasteiger partial charge in [0.15, 0.2) is 5.13 Å². The number of thiazole rings is 1. The smallest absolute Gasteiger partial charge is 0.301 e. The number of hydrogen-bond donors (Lipinski definition) is 0. The van der Waals surface area contributed by atoms with E-state index in [0.29, 0.717) is 34.4 Å². The van der Waals surface area contributed by atoms with Crippen LogP contribution in [0.3, 0.4) is 0 Å². The predicted molar refractivity (Wildman–Crippen MR) is 142 cm³/mol. The number of aromatic nitrogens is 1. The third-order valence-corrected chi connectivity index (χ3v) is 7.34. The van der Waals surface area contributed by atoms with Crippen LogP contribution in [-0.4, -0.2) is 30.4 Å². The van der Waals surface area contributed by atoms with Gasteiger partial charge in [-0.15, -0.1) is 0 Å². The van der Waals surface area contributed by atoms with Gasteiger partial charge in [0.1, 0.15) is 11.5 Å². The van der Waals surface area contributed by atoms with E-state index >= 15 is 0 Å². The van der Waals surface area contributed by atoms with Gasteiger partial charge in [0, 0.05) is 5.57 Å². The molecule has 1 atom stereocenters. The molecular formula is C29H25N2O5S-. The summed E-state index contributed by atoms with van der Waals surface area (Å²) in [5.41, 5.74) is 2.64. The van der Waals surface area contributed by atoms with Gasteiger partial charge in [-0.25, -0.2) is 4.98 Å². The first-order valence-electron chi connectivity index (χ1n) is 12.0. The lowest BCUT2D eigenvalue weighted by Gasteiger charge is -2.26. The largest absolute Gasteiger partial charge is 0.872 e. The third kappa shape index (κ3) is 4.44. The molecule has 0 bridgehead atoms. The Morgan fingerprint density at radius 3 is 2.51 bits per heavy atom.